The van der Waals surface area contributed by atoms with Crippen LogP contribution in [0, 0.1) is 5.82 Å². The lowest BCUT2D eigenvalue weighted by atomic mass is 9.89. The number of likely N-dealkylation sites (tertiary alicyclic amines) is 1. The van der Waals surface area contributed by atoms with E-state index in [2.05, 4.69) is 53.0 Å². The first-order valence-electron chi connectivity index (χ1n) is 10.3. The average Bonchev–Trinajstić information content (AvgIpc) is 3.08. The number of pyridine rings is 1. The van der Waals surface area contributed by atoms with E-state index in [0.29, 0.717) is 5.92 Å². The third kappa shape index (κ3) is 6.24. The lowest BCUT2D eigenvalue weighted by Gasteiger charge is -2.29. The van der Waals surface area contributed by atoms with Gasteiger partial charge in [-0.2, -0.15) is 0 Å². The summed E-state index contributed by atoms with van der Waals surface area (Å²) in [7, 11) is 6.41. The SMILES string of the molecule is CN(C)Cc1c(C2CCN(C)CC2)[nH]c(-c2ccc(F)cc2)c1-c1ccncc1.Cl.Cl.Cl. The van der Waals surface area contributed by atoms with E-state index in [9.17, 15) is 4.39 Å². The van der Waals surface area contributed by atoms with Crippen molar-refractivity contribution in [2.24, 2.45) is 0 Å². The van der Waals surface area contributed by atoms with E-state index >= 15 is 0 Å². The summed E-state index contributed by atoms with van der Waals surface area (Å²) in [5.41, 5.74) is 7.11. The third-order valence-corrected chi connectivity index (χ3v) is 5.84. The van der Waals surface area contributed by atoms with Gasteiger partial charge in [-0.15, -0.1) is 37.2 Å². The van der Waals surface area contributed by atoms with Crippen LogP contribution in [-0.2, 0) is 6.54 Å². The van der Waals surface area contributed by atoms with Crippen molar-refractivity contribution in [3.8, 4) is 22.4 Å². The molecular weight excluding hydrogens is 470 g/mol. The second-order valence-electron chi connectivity index (χ2n) is 8.33. The second kappa shape index (κ2) is 12.6. The molecule has 0 aliphatic carbocycles. The second-order valence-corrected chi connectivity index (χ2v) is 8.33. The van der Waals surface area contributed by atoms with E-state index in [1.54, 1.807) is 0 Å². The van der Waals surface area contributed by atoms with Crippen LogP contribution in [0.5, 0.6) is 0 Å². The van der Waals surface area contributed by atoms with Gasteiger partial charge in [0.05, 0.1) is 5.69 Å². The van der Waals surface area contributed by atoms with Gasteiger partial charge in [-0.1, -0.05) is 0 Å². The molecule has 176 valence electrons. The summed E-state index contributed by atoms with van der Waals surface area (Å²) < 4.78 is 13.6. The zero-order valence-electron chi connectivity index (χ0n) is 18.7. The number of rotatable bonds is 5. The molecule has 2 aromatic heterocycles. The van der Waals surface area contributed by atoms with Crippen LogP contribution in [0.4, 0.5) is 4.39 Å². The molecule has 3 heterocycles. The van der Waals surface area contributed by atoms with E-state index in [-0.39, 0.29) is 43.0 Å². The highest BCUT2D eigenvalue weighted by atomic mass is 35.5. The van der Waals surface area contributed by atoms with Gasteiger partial charge in [-0.3, -0.25) is 4.98 Å². The van der Waals surface area contributed by atoms with Crippen molar-refractivity contribution >= 4 is 37.2 Å². The average molecular weight is 502 g/mol. The molecule has 0 amide bonds. The molecule has 4 nitrogen and oxygen atoms in total. The van der Waals surface area contributed by atoms with Crippen LogP contribution in [0.3, 0.4) is 0 Å². The number of aromatic amines is 1. The van der Waals surface area contributed by atoms with Crippen LogP contribution in [0.1, 0.15) is 30.0 Å². The number of halogens is 4. The Balaban J connectivity index is 0.00000171. The predicted molar refractivity (Wildman–Crippen MR) is 138 cm³/mol. The van der Waals surface area contributed by atoms with Gasteiger partial charge in [0.25, 0.3) is 0 Å². The topological polar surface area (TPSA) is 35.2 Å². The molecule has 4 rings (SSSR count). The molecule has 0 saturated carbocycles. The van der Waals surface area contributed by atoms with Crippen LogP contribution in [0.25, 0.3) is 22.4 Å². The highest BCUT2D eigenvalue weighted by Crippen LogP contribution is 2.41. The largest absolute Gasteiger partial charge is 0.357 e. The molecule has 0 spiro atoms. The van der Waals surface area contributed by atoms with Crippen molar-refractivity contribution in [1.29, 1.82) is 0 Å². The Morgan fingerprint density at radius 2 is 1.56 bits per heavy atom. The first-order chi connectivity index (χ1) is 14.0. The maximum Gasteiger partial charge on any atom is 0.123 e. The van der Waals surface area contributed by atoms with E-state index in [1.807, 2.05) is 24.5 Å². The van der Waals surface area contributed by atoms with Gasteiger partial charge in [-0.25, -0.2) is 4.39 Å². The van der Waals surface area contributed by atoms with E-state index in [0.717, 1.165) is 49.3 Å². The standard InChI is InChI=1S/C24H29FN4.3ClH/c1-28(2)16-21-22(17-8-12-26-13-9-17)24(18-4-6-20(25)7-5-18)27-23(21)19-10-14-29(3)15-11-19;;;/h4-9,12-13,19,27H,10-11,14-16H2,1-3H3;3*1H. The van der Waals surface area contributed by atoms with E-state index in [4.69, 9.17) is 0 Å². The predicted octanol–water partition coefficient (Wildman–Crippen LogP) is 6.02. The van der Waals surface area contributed by atoms with Gasteiger partial charge in [0.15, 0.2) is 0 Å². The zero-order chi connectivity index (χ0) is 20.4. The van der Waals surface area contributed by atoms with E-state index < -0.39 is 0 Å². The maximum atomic E-state index is 13.6. The van der Waals surface area contributed by atoms with Crippen LogP contribution in [0.15, 0.2) is 48.8 Å². The first-order valence-corrected chi connectivity index (χ1v) is 10.3. The number of H-pyrrole nitrogens is 1. The lowest BCUT2D eigenvalue weighted by Crippen LogP contribution is -2.30. The van der Waals surface area contributed by atoms with Gasteiger partial charge in [0, 0.05) is 36.1 Å². The van der Waals surface area contributed by atoms with Crippen LogP contribution in [0.2, 0.25) is 0 Å². The Bertz CT molecular complexity index is 953. The minimum atomic E-state index is -0.213. The van der Waals surface area contributed by atoms with Gasteiger partial charge in [0.1, 0.15) is 5.82 Å². The minimum absolute atomic E-state index is 0. The molecule has 32 heavy (non-hydrogen) atoms. The molecule has 1 fully saturated rings. The van der Waals surface area contributed by atoms with Crippen molar-refractivity contribution in [2.45, 2.75) is 25.3 Å². The van der Waals surface area contributed by atoms with Crippen LogP contribution < -0.4 is 0 Å². The van der Waals surface area contributed by atoms with Crippen LogP contribution in [-0.4, -0.2) is 54.0 Å². The highest BCUT2D eigenvalue weighted by molar-refractivity contribution is 5.86. The Morgan fingerprint density at radius 3 is 2.12 bits per heavy atom. The summed E-state index contributed by atoms with van der Waals surface area (Å²) in [4.78, 5) is 12.6. The van der Waals surface area contributed by atoms with Gasteiger partial charge in [-0.05, 0) is 100 Å². The molecule has 8 heteroatoms. The molecule has 1 aliphatic heterocycles. The monoisotopic (exact) mass is 500 g/mol. The molecule has 1 saturated heterocycles. The summed E-state index contributed by atoms with van der Waals surface area (Å²) in [6.45, 7) is 3.08. The number of nitrogens with zero attached hydrogens (tertiary/aromatic N) is 3. The number of hydrogen-bond donors (Lipinski definition) is 1. The summed E-state index contributed by atoms with van der Waals surface area (Å²) >= 11 is 0. The number of piperidine rings is 1. The molecule has 3 aromatic rings. The van der Waals surface area contributed by atoms with E-state index in [1.165, 1.54) is 29.0 Å². The zero-order valence-corrected chi connectivity index (χ0v) is 21.1. The minimum Gasteiger partial charge on any atom is -0.357 e. The number of hydrogen-bond acceptors (Lipinski definition) is 3. The summed E-state index contributed by atoms with van der Waals surface area (Å²) in [5, 5.41) is 0. The maximum absolute atomic E-state index is 13.6. The molecule has 1 N–H and O–H groups in total. The fourth-order valence-corrected chi connectivity index (χ4v) is 4.35. The molecule has 1 aliphatic rings. The Kier molecular flexibility index (Phi) is 11.2. The van der Waals surface area contributed by atoms with Gasteiger partial charge in [0.2, 0.25) is 0 Å². The molecule has 0 bridgehead atoms. The normalized spacial score (nSPS) is 14.4. The number of benzene rings is 1. The summed E-state index contributed by atoms with van der Waals surface area (Å²) in [6, 6.07) is 10.9. The molecule has 1 aromatic carbocycles. The van der Waals surface area contributed by atoms with Crippen molar-refractivity contribution in [2.75, 3.05) is 34.2 Å². The lowest BCUT2D eigenvalue weighted by molar-refractivity contribution is 0.252. The van der Waals surface area contributed by atoms with Crippen LogP contribution >= 0.6 is 37.2 Å². The quantitative estimate of drug-likeness (QED) is 0.464. The fourth-order valence-electron chi connectivity index (χ4n) is 4.35. The number of nitrogens with one attached hydrogen (secondary N) is 1. The summed E-state index contributed by atoms with van der Waals surface area (Å²) in [5.74, 6) is 0.297. The summed E-state index contributed by atoms with van der Waals surface area (Å²) in [6.07, 6.45) is 5.98. The van der Waals surface area contributed by atoms with Gasteiger partial charge < -0.3 is 14.8 Å². The molecule has 0 radical (unpaired) electrons. The fraction of sp³-hybridized carbons (Fsp3) is 0.375. The number of aromatic nitrogens is 2. The van der Waals surface area contributed by atoms with Crippen molar-refractivity contribution in [3.63, 3.8) is 0 Å². The Hall–Kier alpha value is -1.63. The Labute approximate surface area is 208 Å². The van der Waals surface area contributed by atoms with Crippen molar-refractivity contribution in [3.05, 3.63) is 65.9 Å². The smallest absolute Gasteiger partial charge is 0.123 e. The van der Waals surface area contributed by atoms with Gasteiger partial charge >= 0.3 is 0 Å². The molecule has 0 unspecified atom stereocenters. The molecular formula is C24H32Cl3FN4. The highest BCUT2D eigenvalue weighted by Gasteiger charge is 2.27. The molecule has 0 atom stereocenters. The van der Waals surface area contributed by atoms with Crippen molar-refractivity contribution in [1.82, 2.24) is 19.8 Å². The first kappa shape index (κ1) is 28.4. The van der Waals surface area contributed by atoms with Crippen molar-refractivity contribution < 1.29 is 4.39 Å². The third-order valence-electron chi connectivity index (χ3n) is 5.84. The Morgan fingerprint density at radius 1 is 0.969 bits per heavy atom.